The number of nitrogens with zero attached hydrogens (tertiary/aromatic N) is 2. The minimum absolute atomic E-state index is 0.00703. The van der Waals surface area contributed by atoms with E-state index in [0.717, 1.165) is 32.6 Å². The van der Waals surface area contributed by atoms with Gasteiger partial charge in [-0.25, -0.2) is 18.6 Å². The predicted octanol–water partition coefficient (Wildman–Crippen LogP) is 3.68. The Balaban J connectivity index is 1.62. The van der Waals surface area contributed by atoms with Crippen molar-refractivity contribution >= 4 is 27.8 Å². The zero-order chi connectivity index (χ0) is 20.0. The molecule has 1 fully saturated rings. The number of fused-ring (bicyclic) bond motifs is 2. The highest BCUT2D eigenvalue weighted by Crippen LogP contribution is 2.29. The summed E-state index contributed by atoms with van der Waals surface area (Å²) in [4.78, 5) is 18.6. The quantitative estimate of drug-likeness (QED) is 0.521. The van der Waals surface area contributed by atoms with E-state index in [1.165, 1.54) is 24.3 Å². The minimum Gasteiger partial charge on any atom is -0.436 e. The second-order valence-electron chi connectivity index (χ2n) is 6.98. The molecule has 0 aliphatic carbocycles. The van der Waals surface area contributed by atoms with Crippen LogP contribution in [0.1, 0.15) is 6.42 Å². The van der Waals surface area contributed by atoms with Crippen LogP contribution in [0.15, 0.2) is 50.0 Å². The molecule has 6 nitrogen and oxygen atoms in total. The van der Waals surface area contributed by atoms with Crippen molar-refractivity contribution in [3.8, 4) is 11.5 Å². The third-order valence-electron chi connectivity index (χ3n) is 5.09. The molecule has 1 aliphatic rings. The van der Waals surface area contributed by atoms with E-state index in [-0.39, 0.29) is 33.5 Å². The average molecular weight is 397 g/mol. The van der Waals surface area contributed by atoms with Crippen LogP contribution in [-0.2, 0) is 0 Å². The number of anilines is 1. The lowest BCUT2D eigenvalue weighted by Gasteiger charge is -2.22. The van der Waals surface area contributed by atoms with Crippen molar-refractivity contribution in [3.05, 3.63) is 58.5 Å². The molecule has 0 radical (unpaired) electrons. The fourth-order valence-corrected chi connectivity index (χ4v) is 3.63. The van der Waals surface area contributed by atoms with E-state index < -0.39 is 17.3 Å². The van der Waals surface area contributed by atoms with Crippen molar-refractivity contribution < 1.29 is 17.6 Å². The molecule has 3 heterocycles. The van der Waals surface area contributed by atoms with E-state index >= 15 is 0 Å². The van der Waals surface area contributed by atoms with Crippen molar-refractivity contribution in [2.75, 3.05) is 31.1 Å². The summed E-state index contributed by atoms with van der Waals surface area (Å²) in [5.41, 5.74) is 0.238. The van der Waals surface area contributed by atoms with Crippen LogP contribution >= 0.6 is 0 Å². The largest absolute Gasteiger partial charge is 0.436 e. The van der Waals surface area contributed by atoms with Crippen molar-refractivity contribution in [2.24, 2.45) is 0 Å². The first-order chi connectivity index (χ1) is 14.1. The fraction of sp³-hybridized carbons (Fsp3) is 0.238. The molecule has 1 aliphatic heterocycles. The molecule has 148 valence electrons. The Kier molecular flexibility index (Phi) is 4.28. The molecule has 0 unspecified atom stereocenters. The number of rotatable bonds is 2. The van der Waals surface area contributed by atoms with Gasteiger partial charge in [0.25, 0.3) is 0 Å². The van der Waals surface area contributed by atoms with Crippen LogP contribution in [0.25, 0.3) is 33.5 Å². The van der Waals surface area contributed by atoms with Gasteiger partial charge in [-0.15, -0.1) is 0 Å². The van der Waals surface area contributed by atoms with Crippen LogP contribution in [-0.4, -0.2) is 31.2 Å². The third kappa shape index (κ3) is 3.15. The third-order valence-corrected chi connectivity index (χ3v) is 5.09. The molecular formula is C21H17F2N3O3. The normalized spacial score (nSPS) is 15.2. The van der Waals surface area contributed by atoms with E-state index in [1.54, 1.807) is 12.1 Å². The summed E-state index contributed by atoms with van der Waals surface area (Å²) in [6.45, 7) is 3.24. The van der Waals surface area contributed by atoms with E-state index in [9.17, 15) is 13.6 Å². The lowest BCUT2D eigenvalue weighted by molar-refractivity contribution is 0.549. The number of nitrogens with one attached hydrogen (secondary N) is 1. The van der Waals surface area contributed by atoms with Gasteiger partial charge in [-0.05, 0) is 37.2 Å². The molecule has 2 aromatic carbocycles. The van der Waals surface area contributed by atoms with Gasteiger partial charge in [0.15, 0.2) is 11.4 Å². The van der Waals surface area contributed by atoms with Gasteiger partial charge in [0, 0.05) is 31.4 Å². The van der Waals surface area contributed by atoms with Crippen molar-refractivity contribution in [2.45, 2.75) is 6.42 Å². The molecule has 1 saturated heterocycles. The SMILES string of the molecule is O=c1oc2cc(N3CCCNCC3)cc(F)c2cc1-c1nc2c(F)cccc2o1. The van der Waals surface area contributed by atoms with Gasteiger partial charge in [-0.2, -0.15) is 0 Å². The van der Waals surface area contributed by atoms with Crippen LogP contribution in [0.3, 0.4) is 0 Å². The Morgan fingerprint density at radius 2 is 1.90 bits per heavy atom. The molecule has 29 heavy (non-hydrogen) atoms. The Hall–Kier alpha value is -3.26. The van der Waals surface area contributed by atoms with Gasteiger partial charge < -0.3 is 19.1 Å². The number of benzene rings is 2. The van der Waals surface area contributed by atoms with Gasteiger partial charge in [0.05, 0.1) is 5.39 Å². The van der Waals surface area contributed by atoms with Gasteiger partial charge in [-0.3, -0.25) is 0 Å². The van der Waals surface area contributed by atoms with Crippen molar-refractivity contribution in [1.29, 1.82) is 0 Å². The highest BCUT2D eigenvalue weighted by atomic mass is 19.1. The van der Waals surface area contributed by atoms with E-state index in [4.69, 9.17) is 8.83 Å². The fourth-order valence-electron chi connectivity index (χ4n) is 3.63. The lowest BCUT2D eigenvalue weighted by atomic mass is 10.1. The highest BCUT2D eigenvalue weighted by molar-refractivity contribution is 5.85. The molecule has 0 amide bonds. The number of para-hydroxylation sites is 1. The lowest BCUT2D eigenvalue weighted by Crippen LogP contribution is -2.27. The van der Waals surface area contributed by atoms with Crippen LogP contribution in [0.4, 0.5) is 14.5 Å². The zero-order valence-electron chi connectivity index (χ0n) is 15.4. The maximum absolute atomic E-state index is 14.9. The number of aromatic nitrogens is 1. The molecule has 1 N–H and O–H groups in total. The van der Waals surface area contributed by atoms with Gasteiger partial charge in [0.1, 0.15) is 22.5 Å². The number of oxazole rings is 1. The smallest absolute Gasteiger partial charge is 0.349 e. The van der Waals surface area contributed by atoms with Crippen LogP contribution < -0.4 is 15.8 Å². The van der Waals surface area contributed by atoms with Crippen molar-refractivity contribution in [1.82, 2.24) is 10.3 Å². The van der Waals surface area contributed by atoms with Crippen LogP contribution in [0.2, 0.25) is 0 Å². The first kappa shape index (κ1) is 17.8. The summed E-state index contributed by atoms with van der Waals surface area (Å²) in [7, 11) is 0. The van der Waals surface area contributed by atoms with Crippen molar-refractivity contribution in [3.63, 3.8) is 0 Å². The Labute approximate surface area is 163 Å². The molecule has 4 aromatic rings. The standard InChI is InChI=1S/C21H17F2N3O3/c22-15-3-1-4-17-19(15)25-20(28-17)14-11-13-16(23)9-12(10-18(13)29-21(14)27)26-7-2-5-24-6-8-26/h1,3-4,9-11,24H,2,5-8H2. The molecule has 5 rings (SSSR count). The Morgan fingerprint density at radius 1 is 1.00 bits per heavy atom. The highest BCUT2D eigenvalue weighted by Gasteiger charge is 2.19. The summed E-state index contributed by atoms with van der Waals surface area (Å²) in [6.07, 6.45) is 0.941. The average Bonchev–Trinajstić information content (AvgIpc) is 2.95. The van der Waals surface area contributed by atoms with Gasteiger partial charge in [-0.1, -0.05) is 6.07 Å². The molecule has 0 spiro atoms. The summed E-state index contributed by atoms with van der Waals surface area (Å²) in [5, 5.41) is 3.43. The monoisotopic (exact) mass is 397 g/mol. The molecule has 2 aromatic heterocycles. The maximum Gasteiger partial charge on any atom is 0.349 e. The molecule has 0 atom stereocenters. The summed E-state index contributed by atoms with van der Waals surface area (Å²) >= 11 is 0. The first-order valence-electron chi connectivity index (χ1n) is 9.39. The van der Waals surface area contributed by atoms with Gasteiger partial charge >= 0.3 is 5.63 Å². The van der Waals surface area contributed by atoms with Gasteiger partial charge in [0.2, 0.25) is 5.89 Å². The summed E-state index contributed by atoms with van der Waals surface area (Å²) in [6, 6.07) is 8.71. The molecule has 0 saturated carbocycles. The van der Waals surface area contributed by atoms with E-state index in [1.807, 2.05) is 0 Å². The summed E-state index contributed by atoms with van der Waals surface area (Å²) < 4.78 is 39.6. The maximum atomic E-state index is 14.9. The number of hydrogen-bond acceptors (Lipinski definition) is 6. The number of hydrogen-bond donors (Lipinski definition) is 1. The Bertz CT molecular complexity index is 1270. The molecule has 8 heteroatoms. The van der Waals surface area contributed by atoms with Crippen LogP contribution in [0.5, 0.6) is 0 Å². The predicted molar refractivity (Wildman–Crippen MR) is 105 cm³/mol. The molecular weight excluding hydrogens is 380 g/mol. The molecule has 0 bridgehead atoms. The van der Waals surface area contributed by atoms with Crippen LogP contribution in [0, 0.1) is 11.6 Å². The minimum atomic E-state index is -0.724. The van der Waals surface area contributed by atoms with E-state index in [0.29, 0.717) is 5.69 Å². The topological polar surface area (TPSA) is 71.5 Å². The Morgan fingerprint density at radius 3 is 2.76 bits per heavy atom. The second-order valence-corrected chi connectivity index (χ2v) is 6.98. The zero-order valence-corrected chi connectivity index (χ0v) is 15.4. The number of halogens is 2. The summed E-state index contributed by atoms with van der Waals surface area (Å²) in [5.74, 6) is -1.18. The van der Waals surface area contributed by atoms with E-state index in [2.05, 4.69) is 15.2 Å². The first-order valence-corrected chi connectivity index (χ1v) is 9.39. The second kappa shape index (κ2) is 6.97.